The molecule has 2 N–H and O–H groups in total. The lowest BCUT2D eigenvalue weighted by Crippen LogP contribution is -2.31. The van der Waals surface area contributed by atoms with Crippen LogP contribution in [-0.4, -0.2) is 12.2 Å². The summed E-state index contributed by atoms with van der Waals surface area (Å²) in [5, 5.41) is 0. The molecule has 0 spiro atoms. The van der Waals surface area contributed by atoms with Crippen LogP contribution < -0.4 is 5.73 Å². The quantitative estimate of drug-likeness (QED) is 0.892. The van der Waals surface area contributed by atoms with Crippen molar-refractivity contribution in [2.45, 2.75) is 19.0 Å². The van der Waals surface area contributed by atoms with Gasteiger partial charge in [-0.05, 0) is 40.5 Å². The van der Waals surface area contributed by atoms with Gasteiger partial charge in [0.2, 0.25) is 0 Å². The standard InChI is InChI=1S/C10H12BrF2N/c1-10(13,6-14)5-7-2-3-9(12)8(11)4-7/h2-4H,5-6,14H2,1H3. The molecule has 0 saturated carbocycles. The second-order valence-electron chi connectivity index (χ2n) is 3.54. The van der Waals surface area contributed by atoms with E-state index in [4.69, 9.17) is 5.73 Å². The Kier molecular flexibility index (Phi) is 3.61. The summed E-state index contributed by atoms with van der Waals surface area (Å²) in [7, 11) is 0. The van der Waals surface area contributed by atoms with Crippen LogP contribution in [0, 0.1) is 5.82 Å². The van der Waals surface area contributed by atoms with Crippen LogP contribution in [0.1, 0.15) is 12.5 Å². The average Bonchev–Trinajstić information content (AvgIpc) is 2.11. The lowest BCUT2D eigenvalue weighted by atomic mass is 9.98. The number of rotatable bonds is 3. The van der Waals surface area contributed by atoms with Gasteiger partial charge in [-0.15, -0.1) is 0 Å². The Bertz CT molecular complexity index is 326. The van der Waals surface area contributed by atoms with Gasteiger partial charge in [-0.2, -0.15) is 0 Å². The first kappa shape index (κ1) is 11.6. The van der Waals surface area contributed by atoms with Crippen LogP contribution in [0.5, 0.6) is 0 Å². The Labute approximate surface area is 90.4 Å². The van der Waals surface area contributed by atoms with Gasteiger partial charge in [0, 0.05) is 13.0 Å². The highest BCUT2D eigenvalue weighted by Gasteiger charge is 2.21. The molecule has 0 aromatic heterocycles. The summed E-state index contributed by atoms with van der Waals surface area (Å²) in [6.45, 7) is 1.40. The Morgan fingerprint density at radius 3 is 2.64 bits per heavy atom. The van der Waals surface area contributed by atoms with E-state index in [0.29, 0.717) is 4.47 Å². The Hall–Kier alpha value is -0.480. The van der Waals surface area contributed by atoms with E-state index in [1.165, 1.54) is 13.0 Å². The first-order chi connectivity index (χ1) is 6.44. The summed E-state index contributed by atoms with van der Waals surface area (Å²) >= 11 is 3.05. The van der Waals surface area contributed by atoms with Gasteiger partial charge in [-0.3, -0.25) is 0 Å². The van der Waals surface area contributed by atoms with Crippen LogP contribution >= 0.6 is 15.9 Å². The summed E-state index contributed by atoms with van der Waals surface area (Å²) in [4.78, 5) is 0. The largest absolute Gasteiger partial charge is 0.328 e. The third-order valence-electron chi connectivity index (χ3n) is 1.98. The molecule has 1 unspecified atom stereocenters. The molecule has 0 fully saturated rings. The van der Waals surface area contributed by atoms with Crippen LogP contribution in [0.25, 0.3) is 0 Å². The maximum absolute atomic E-state index is 13.5. The number of alkyl halides is 1. The SMILES string of the molecule is CC(F)(CN)Cc1ccc(F)c(Br)c1. The van der Waals surface area contributed by atoms with Gasteiger partial charge >= 0.3 is 0 Å². The van der Waals surface area contributed by atoms with E-state index in [0.717, 1.165) is 5.56 Å². The molecule has 0 saturated heterocycles. The summed E-state index contributed by atoms with van der Waals surface area (Å²) in [6.07, 6.45) is 0.197. The maximum Gasteiger partial charge on any atom is 0.137 e. The first-order valence-electron chi connectivity index (χ1n) is 4.27. The molecule has 14 heavy (non-hydrogen) atoms. The molecule has 0 heterocycles. The predicted octanol–water partition coefficient (Wildman–Crippen LogP) is 2.82. The Morgan fingerprint density at radius 2 is 2.14 bits per heavy atom. The van der Waals surface area contributed by atoms with E-state index in [9.17, 15) is 8.78 Å². The van der Waals surface area contributed by atoms with Gasteiger partial charge in [0.05, 0.1) is 4.47 Å². The minimum Gasteiger partial charge on any atom is -0.328 e. The number of nitrogens with two attached hydrogens (primary N) is 1. The van der Waals surface area contributed by atoms with Crippen LogP contribution in [0.15, 0.2) is 22.7 Å². The van der Waals surface area contributed by atoms with Crippen molar-refractivity contribution in [1.82, 2.24) is 0 Å². The number of benzene rings is 1. The summed E-state index contributed by atoms with van der Waals surface area (Å²) in [5.74, 6) is -0.345. The van der Waals surface area contributed by atoms with Crippen molar-refractivity contribution in [3.63, 3.8) is 0 Å². The molecule has 1 atom stereocenters. The zero-order chi connectivity index (χ0) is 10.8. The fourth-order valence-electron chi connectivity index (χ4n) is 1.15. The van der Waals surface area contributed by atoms with Crippen molar-refractivity contribution < 1.29 is 8.78 Å². The van der Waals surface area contributed by atoms with Gasteiger partial charge in [0.25, 0.3) is 0 Å². The highest BCUT2D eigenvalue weighted by molar-refractivity contribution is 9.10. The van der Waals surface area contributed by atoms with Crippen LogP contribution in [0.4, 0.5) is 8.78 Å². The molecular formula is C10H12BrF2N. The number of halogens is 3. The van der Waals surface area contributed by atoms with Crippen molar-refractivity contribution in [2.24, 2.45) is 5.73 Å². The van der Waals surface area contributed by atoms with Crippen molar-refractivity contribution >= 4 is 15.9 Å². The molecule has 0 aliphatic rings. The van der Waals surface area contributed by atoms with E-state index in [1.54, 1.807) is 12.1 Å². The van der Waals surface area contributed by atoms with Crippen LogP contribution in [-0.2, 0) is 6.42 Å². The van der Waals surface area contributed by atoms with E-state index in [1.807, 2.05) is 0 Å². The molecule has 1 rings (SSSR count). The molecular weight excluding hydrogens is 252 g/mol. The molecule has 0 amide bonds. The normalized spacial score (nSPS) is 15.2. The molecule has 1 aromatic rings. The van der Waals surface area contributed by atoms with Gasteiger partial charge in [-0.1, -0.05) is 6.07 Å². The minimum atomic E-state index is -1.43. The zero-order valence-corrected chi connectivity index (χ0v) is 9.44. The second kappa shape index (κ2) is 4.36. The van der Waals surface area contributed by atoms with E-state index in [-0.39, 0.29) is 18.8 Å². The van der Waals surface area contributed by atoms with Crippen LogP contribution in [0.2, 0.25) is 0 Å². The van der Waals surface area contributed by atoms with Gasteiger partial charge in [-0.25, -0.2) is 8.78 Å². The number of hydrogen-bond donors (Lipinski definition) is 1. The highest BCUT2D eigenvalue weighted by atomic mass is 79.9. The Morgan fingerprint density at radius 1 is 1.50 bits per heavy atom. The summed E-state index contributed by atoms with van der Waals surface area (Å²) in [6, 6.07) is 4.45. The lowest BCUT2D eigenvalue weighted by molar-refractivity contribution is 0.200. The van der Waals surface area contributed by atoms with Crippen molar-refractivity contribution in [3.8, 4) is 0 Å². The van der Waals surface area contributed by atoms with Gasteiger partial charge in [0.1, 0.15) is 11.5 Å². The van der Waals surface area contributed by atoms with Crippen molar-refractivity contribution in [1.29, 1.82) is 0 Å². The maximum atomic E-state index is 13.5. The van der Waals surface area contributed by atoms with Gasteiger partial charge < -0.3 is 5.73 Å². The zero-order valence-electron chi connectivity index (χ0n) is 7.86. The monoisotopic (exact) mass is 263 g/mol. The molecule has 78 valence electrons. The van der Waals surface area contributed by atoms with E-state index < -0.39 is 5.67 Å². The molecule has 0 aliphatic heterocycles. The molecule has 0 radical (unpaired) electrons. The second-order valence-corrected chi connectivity index (χ2v) is 4.40. The van der Waals surface area contributed by atoms with Crippen molar-refractivity contribution in [3.05, 3.63) is 34.1 Å². The fraction of sp³-hybridized carbons (Fsp3) is 0.400. The average molecular weight is 264 g/mol. The highest BCUT2D eigenvalue weighted by Crippen LogP contribution is 2.21. The lowest BCUT2D eigenvalue weighted by Gasteiger charge is -2.17. The number of hydrogen-bond acceptors (Lipinski definition) is 1. The van der Waals surface area contributed by atoms with E-state index >= 15 is 0 Å². The smallest absolute Gasteiger partial charge is 0.137 e. The van der Waals surface area contributed by atoms with Crippen LogP contribution in [0.3, 0.4) is 0 Å². The minimum absolute atomic E-state index is 0.0397. The molecule has 1 aromatic carbocycles. The first-order valence-corrected chi connectivity index (χ1v) is 5.07. The molecule has 1 nitrogen and oxygen atoms in total. The molecule has 0 bridgehead atoms. The van der Waals surface area contributed by atoms with E-state index in [2.05, 4.69) is 15.9 Å². The summed E-state index contributed by atoms with van der Waals surface area (Å²) < 4.78 is 26.7. The Balaban J connectivity index is 2.83. The van der Waals surface area contributed by atoms with Gasteiger partial charge in [0.15, 0.2) is 0 Å². The third kappa shape index (κ3) is 3.03. The van der Waals surface area contributed by atoms with Crippen molar-refractivity contribution in [2.75, 3.05) is 6.54 Å². The molecule has 0 aliphatic carbocycles. The third-order valence-corrected chi connectivity index (χ3v) is 2.59. The fourth-order valence-corrected chi connectivity index (χ4v) is 1.57. The predicted molar refractivity (Wildman–Crippen MR) is 56.4 cm³/mol. The topological polar surface area (TPSA) is 26.0 Å². The summed E-state index contributed by atoms with van der Waals surface area (Å²) in [5.41, 5.74) is 4.56. The molecule has 4 heteroatoms.